The Kier molecular flexibility index (Phi) is 7.82. The zero-order chi connectivity index (χ0) is 25.7. The van der Waals surface area contributed by atoms with Gasteiger partial charge in [-0.2, -0.15) is 0 Å². The van der Waals surface area contributed by atoms with E-state index < -0.39 is 6.36 Å². The number of benzene rings is 2. The minimum Gasteiger partial charge on any atom is -0.406 e. The molecule has 0 unspecified atom stereocenters. The second-order valence-electron chi connectivity index (χ2n) is 10.2. The summed E-state index contributed by atoms with van der Waals surface area (Å²) in [5.74, 6) is 1.60. The lowest BCUT2D eigenvalue weighted by Gasteiger charge is -2.39. The molecule has 8 heteroatoms. The van der Waals surface area contributed by atoms with Crippen LogP contribution in [0.1, 0.15) is 44.9 Å². The molecule has 2 aromatic carbocycles. The van der Waals surface area contributed by atoms with Crippen LogP contribution in [0.15, 0.2) is 66.9 Å². The van der Waals surface area contributed by atoms with Gasteiger partial charge in [-0.25, -0.2) is 9.97 Å². The summed E-state index contributed by atoms with van der Waals surface area (Å²) in [6.07, 6.45) is 5.28. The normalized spacial score (nSPS) is 22.5. The van der Waals surface area contributed by atoms with Crippen LogP contribution in [0.4, 0.5) is 24.8 Å². The molecule has 3 atom stereocenters. The van der Waals surface area contributed by atoms with Crippen molar-refractivity contribution in [2.24, 2.45) is 11.8 Å². The molecule has 1 aliphatic carbocycles. The summed E-state index contributed by atoms with van der Waals surface area (Å²) in [5.41, 5.74) is 2.94. The second-order valence-corrected chi connectivity index (χ2v) is 10.2. The summed E-state index contributed by atoms with van der Waals surface area (Å²) in [5, 5.41) is 3.66. The first-order chi connectivity index (χ1) is 17.9. The van der Waals surface area contributed by atoms with E-state index in [1.807, 2.05) is 30.5 Å². The highest BCUT2D eigenvalue weighted by atomic mass is 19.4. The Balaban J connectivity index is 1.21. The maximum Gasteiger partial charge on any atom is 0.573 e. The van der Waals surface area contributed by atoms with Gasteiger partial charge < -0.3 is 15.0 Å². The Hall–Kier alpha value is -3.29. The Labute approximate surface area is 216 Å². The molecule has 1 aliphatic heterocycles. The van der Waals surface area contributed by atoms with Crippen LogP contribution in [-0.2, 0) is 0 Å². The Morgan fingerprint density at radius 1 is 0.919 bits per heavy atom. The standard InChI is InChI=1S/C29H33F3N4O/c30-29(31,32)37-25-14-12-24(13-15-25)36-18-6-7-21(20-36)19-23-10-4-5-11-26(23)34-28-33-17-16-27(35-28)22-8-2-1-3-9-22/h1-3,8-9,12-17,21,23,26H,4-7,10-11,18-20H2,(H,33,34,35)/t21-,23+,26-/m1/s1. The predicted octanol–water partition coefficient (Wildman–Crippen LogP) is 7.32. The first kappa shape index (κ1) is 25.4. The van der Waals surface area contributed by atoms with Crippen LogP contribution < -0.4 is 15.0 Å². The monoisotopic (exact) mass is 510 g/mol. The van der Waals surface area contributed by atoms with Gasteiger partial charge in [0.1, 0.15) is 5.75 Å². The highest BCUT2D eigenvalue weighted by Gasteiger charge is 2.32. The fraction of sp³-hybridized carbons (Fsp3) is 0.448. The molecule has 2 aliphatic rings. The van der Waals surface area contributed by atoms with Gasteiger partial charge >= 0.3 is 6.36 Å². The number of ether oxygens (including phenoxy) is 1. The third kappa shape index (κ3) is 6.93. The van der Waals surface area contributed by atoms with Crippen LogP contribution in [-0.4, -0.2) is 35.5 Å². The maximum absolute atomic E-state index is 12.5. The molecule has 196 valence electrons. The number of hydrogen-bond acceptors (Lipinski definition) is 5. The van der Waals surface area contributed by atoms with Crippen LogP contribution in [0.3, 0.4) is 0 Å². The second kappa shape index (κ2) is 11.4. The topological polar surface area (TPSA) is 50.3 Å². The van der Waals surface area contributed by atoms with Crippen molar-refractivity contribution in [3.8, 4) is 17.0 Å². The van der Waals surface area contributed by atoms with Crippen LogP contribution >= 0.6 is 0 Å². The third-order valence-corrected chi connectivity index (χ3v) is 7.54. The van der Waals surface area contributed by atoms with Gasteiger partial charge in [-0.3, -0.25) is 0 Å². The quantitative estimate of drug-likeness (QED) is 0.361. The lowest BCUT2D eigenvalue weighted by Crippen LogP contribution is -2.39. The van der Waals surface area contributed by atoms with Crippen molar-refractivity contribution in [2.75, 3.05) is 23.3 Å². The van der Waals surface area contributed by atoms with E-state index in [1.165, 1.54) is 37.8 Å². The number of hydrogen-bond donors (Lipinski definition) is 1. The molecular formula is C29H33F3N4O. The molecule has 2 heterocycles. The van der Waals surface area contributed by atoms with Gasteiger partial charge in [0.15, 0.2) is 0 Å². The number of rotatable bonds is 7. The number of anilines is 2. The third-order valence-electron chi connectivity index (χ3n) is 7.54. The zero-order valence-corrected chi connectivity index (χ0v) is 20.8. The largest absolute Gasteiger partial charge is 0.573 e. The van der Waals surface area contributed by atoms with Gasteiger partial charge in [0.2, 0.25) is 5.95 Å². The highest BCUT2D eigenvalue weighted by molar-refractivity contribution is 5.59. The summed E-state index contributed by atoms with van der Waals surface area (Å²) in [6, 6.07) is 18.7. The van der Waals surface area contributed by atoms with Crippen molar-refractivity contribution in [2.45, 2.75) is 57.3 Å². The van der Waals surface area contributed by atoms with E-state index in [1.54, 1.807) is 12.1 Å². The average molecular weight is 511 g/mol. The van der Waals surface area contributed by atoms with E-state index in [0.717, 1.165) is 49.3 Å². The van der Waals surface area contributed by atoms with Crippen molar-refractivity contribution in [3.05, 3.63) is 66.9 Å². The highest BCUT2D eigenvalue weighted by Crippen LogP contribution is 2.35. The summed E-state index contributed by atoms with van der Waals surface area (Å²) in [6.45, 7) is 1.84. The molecule has 2 fully saturated rings. The molecule has 0 amide bonds. The molecule has 1 saturated carbocycles. The first-order valence-electron chi connectivity index (χ1n) is 13.2. The van der Waals surface area contributed by atoms with Gasteiger partial charge in [0.05, 0.1) is 5.69 Å². The maximum atomic E-state index is 12.5. The van der Waals surface area contributed by atoms with Crippen molar-refractivity contribution in [1.29, 1.82) is 0 Å². The molecule has 1 aromatic heterocycles. The lowest BCUT2D eigenvalue weighted by atomic mass is 9.77. The summed E-state index contributed by atoms with van der Waals surface area (Å²) in [7, 11) is 0. The molecule has 0 spiro atoms. The number of nitrogens with zero attached hydrogens (tertiary/aromatic N) is 3. The fourth-order valence-electron chi connectivity index (χ4n) is 5.82. The number of alkyl halides is 3. The van der Waals surface area contributed by atoms with Crippen LogP contribution in [0, 0.1) is 11.8 Å². The fourth-order valence-corrected chi connectivity index (χ4v) is 5.82. The Morgan fingerprint density at radius 3 is 2.49 bits per heavy atom. The zero-order valence-electron chi connectivity index (χ0n) is 20.8. The molecule has 1 saturated heterocycles. The number of aromatic nitrogens is 2. The molecule has 5 nitrogen and oxygen atoms in total. The van der Waals surface area contributed by atoms with E-state index in [0.29, 0.717) is 23.8 Å². The Morgan fingerprint density at radius 2 is 1.70 bits per heavy atom. The van der Waals surface area contributed by atoms with Crippen molar-refractivity contribution in [1.82, 2.24) is 9.97 Å². The van der Waals surface area contributed by atoms with Crippen molar-refractivity contribution < 1.29 is 17.9 Å². The molecule has 3 aromatic rings. The van der Waals surface area contributed by atoms with Gasteiger partial charge in [0.25, 0.3) is 0 Å². The predicted molar refractivity (Wildman–Crippen MR) is 140 cm³/mol. The van der Waals surface area contributed by atoms with E-state index in [9.17, 15) is 13.2 Å². The molecular weight excluding hydrogens is 477 g/mol. The van der Waals surface area contributed by atoms with Crippen molar-refractivity contribution >= 4 is 11.6 Å². The molecule has 0 radical (unpaired) electrons. The van der Waals surface area contributed by atoms with Gasteiger partial charge in [-0.15, -0.1) is 13.2 Å². The summed E-state index contributed by atoms with van der Waals surface area (Å²) >= 11 is 0. The average Bonchev–Trinajstić information content (AvgIpc) is 2.90. The van der Waals surface area contributed by atoms with E-state index >= 15 is 0 Å². The molecule has 1 N–H and O–H groups in total. The smallest absolute Gasteiger partial charge is 0.406 e. The van der Waals surface area contributed by atoms with Crippen LogP contribution in [0.25, 0.3) is 11.3 Å². The molecule has 37 heavy (non-hydrogen) atoms. The van der Waals surface area contributed by atoms with E-state index in [-0.39, 0.29) is 5.75 Å². The molecule has 5 rings (SSSR count). The number of halogens is 3. The van der Waals surface area contributed by atoms with Gasteiger partial charge in [0, 0.05) is 36.6 Å². The number of piperidine rings is 1. The van der Waals surface area contributed by atoms with Gasteiger partial charge in [-0.1, -0.05) is 43.2 Å². The van der Waals surface area contributed by atoms with E-state index in [4.69, 9.17) is 4.98 Å². The Bertz CT molecular complexity index is 1140. The van der Waals surface area contributed by atoms with Crippen LogP contribution in [0.5, 0.6) is 5.75 Å². The van der Waals surface area contributed by atoms with Crippen LogP contribution in [0.2, 0.25) is 0 Å². The van der Waals surface area contributed by atoms with Crippen molar-refractivity contribution in [3.63, 3.8) is 0 Å². The van der Waals surface area contributed by atoms with E-state index in [2.05, 4.69) is 32.1 Å². The molecule has 0 bridgehead atoms. The number of nitrogens with one attached hydrogen (secondary N) is 1. The summed E-state index contributed by atoms with van der Waals surface area (Å²) < 4.78 is 41.5. The van der Waals surface area contributed by atoms with Gasteiger partial charge in [-0.05, 0) is 74.3 Å². The lowest BCUT2D eigenvalue weighted by molar-refractivity contribution is -0.274. The summed E-state index contributed by atoms with van der Waals surface area (Å²) in [4.78, 5) is 11.6. The first-order valence-corrected chi connectivity index (χ1v) is 13.2. The SMILES string of the molecule is FC(F)(F)Oc1ccc(N2CCC[C@H](C[C@@H]3CCCC[C@H]3Nc3nccc(-c4ccccc4)n3)C2)cc1. The minimum absolute atomic E-state index is 0.181. The minimum atomic E-state index is -4.67.